The van der Waals surface area contributed by atoms with Crippen molar-refractivity contribution in [3.63, 3.8) is 0 Å². The van der Waals surface area contributed by atoms with Crippen LogP contribution >= 0.6 is 0 Å². The van der Waals surface area contributed by atoms with Gasteiger partial charge in [-0.3, -0.25) is 4.79 Å². The third kappa shape index (κ3) is 1.67. The monoisotopic (exact) mass is 217 g/mol. The van der Waals surface area contributed by atoms with Crippen molar-refractivity contribution >= 4 is 6.29 Å². The van der Waals surface area contributed by atoms with Crippen LogP contribution in [0.25, 0.3) is 11.3 Å². The lowest BCUT2D eigenvalue weighted by molar-refractivity contribution is 0.111. The highest BCUT2D eigenvalue weighted by atomic mass is 16.3. The van der Waals surface area contributed by atoms with Gasteiger partial charge in [0.1, 0.15) is 5.75 Å². The Balaban J connectivity index is 2.61. The number of aromatic hydroxyl groups is 1. The first-order valence-corrected chi connectivity index (χ1v) is 4.94. The van der Waals surface area contributed by atoms with E-state index in [1.807, 2.05) is 6.92 Å². The highest BCUT2D eigenvalue weighted by molar-refractivity contribution is 5.83. The van der Waals surface area contributed by atoms with E-state index < -0.39 is 0 Å². The predicted molar refractivity (Wildman–Crippen MR) is 58.2 cm³/mol. The second kappa shape index (κ2) is 4.14. The van der Waals surface area contributed by atoms with E-state index in [0.717, 1.165) is 5.56 Å². The van der Waals surface area contributed by atoms with Gasteiger partial charge >= 0.3 is 0 Å². The van der Waals surface area contributed by atoms with Gasteiger partial charge in [-0.2, -0.15) is 0 Å². The van der Waals surface area contributed by atoms with Crippen molar-refractivity contribution in [2.24, 2.45) is 0 Å². The van der Waals surface area contributed by atoms with Crippen LogP contribution in [0.15, 0.2) is 24.3 Å². The third-order valence-electron chi connectivity index (χ3n) is 2.29. The first kappa shape index (κ1) is 10.4. The van der Waals surface area contributed by atoms with E-state index in [-0.39, 0.29) is 11.4 Å². The Labute approximate surface area is 92.3 Å². The molecule has 0 saturated heterocycles. The summed E-state index contributed by atoms with van der Waals surface area (Å²) < 4.78 is 1.62. The highest BCUT2D eigenvalue weighted by Crippen LogP contribution is 2.24. The molecule has 1 aromatic carbocycles. The molecule has 0 unspecified atom stereocenters. The van der Waals surface area contributed by atoms with E-state index in [9.17, 15) is 9.90 Å². The Morgan fingerprint density at radius 3 is 2.94 bits per heavy atom. The Morgan fingerprint density at radius 2 is 2.31 bits per heavy atom. The molecule has 0 bridgehead atoms. The molecule has 0 amide bonds. The molecule has 0 aliphatic rings. The Kier molecular flexibility index (Phi) is 2.68. The topological polar surface area (TPSA) is 68.0 Å². The highest BCUT2D eigenvalue weighted by Gasteiger charge is 2.13. The summed E-state index contributed by atoms with van der Waals surface area (Å²) in [6.07, 6.45) is 0.665. The normalized spacial score (nSPS) is 10.3. The number of benzene rings is 1. The second-order valence-corrected chi connectivity index (χ2v) is 3.31. The average molecular weight is 217 g/mol. The van der Waals surface area contributed by atoms with Gasteiger partial charge in [0, 0.05) is 12.1 Å². The minimum Gasteiger partial charge on any atom is -0.508 e. The van der Waals surface area contributed by atoms with Crippen LogP contribution in [-0.4, -0.2) is 26.4 Å². The summed E-state index contributed by atoms with van der Waals surface area (Å²) in [4.78, 5) is 10.8. The number of carbonyl (C=O) groups is 1. The fourth-order valence-corrected chi connectivity index (χ4v) is 1.58. The van der Waals surface area contributed by atoms with Gasteiger partial charge in [0.15, 0.2) is 12.0 Å². The summed E-state index contributed by atoms with van der Waals surface area (Å²) in [6, 6.07) is 6.67. The lowest BCUT2D eigenvalue weighted by atomic mass is 10.1. The van der Waals surface area contributed by atoms with E-state index in [4.69, 9.17) is 0 Å². The molecule has 0 spiro atoms. The van der Waals surface area contributed by atoms with Gasteiger partial charge in [-0.25, -0.2) is 4.68 Å². The van der Waals surface area contributed by atoms with Crippen molar-refractivity contribution in [3.8, 4) is 17.0 Å². The van der Waals surface area contributed by atoms with E-state index in [1.54, 1.807) is 28.9 Å². The van der Waals surface area contributed by atoms with E-state index in [2.05, 4.69) is 10.3 Å². The van der Waals surface area contributed by atoms with E-state index >= 15 is 0 Å². The van der Waals surface area contributed by atoms with Gasteiger partial charge in [0.25, 0.3) is 0 Å². The molecule has 1 N–H and O–H groups in total. The van der Waals surface area contributed by atoms with Crippen LogP contribution in [0.5, 0.6) is 5.75 Å². The number of carbonyl (C=O) groups excluding carboxylic acids is 1. The minimum absolute atomic E-state index is 0.151. The first-order chi connectivity index (χ1) is 7.76. The summed E-state index contributed by atoms with van der Waals surface area (Å²) in [7, 11) is 0. The fraction of sp³-hybridized carbons (Fsp3) is 0.182. The maximum absolute atomic E-state index is 10.8. The number of hydrogen-bond acceptors (Lipinski definition) is 4. The van der Waals surface area contributed by atoms with Crippen molar-refractivity contribution in [3.05, 3.63) is 30.0 Å². The molecule has 0 aliphatic heterocycles. The Hall–Kier alpha value is -2.17. The summed E-state index contributed by atoms with van der Waals surface area (Å²) in [5.41, 5.74) is 1.65. The maximum Gasteiger partial charge on any atom is 0.172 e. The summed E-state index contributed by atoms with van der Waals surface area (Å²) in [5.74, 6) is 0.151. The first-order valence-electron chi connectivity index (χ1n) is 4.94. The second-order valence-electron chi connectivity index (χ2n) is 3.31. The zero-order chi connectivity index (χ0) is 11.5. The largest absolute Gasteiger partial charge is 0.508 e. The van der Waals surface area contributed by atoms with Gasteiger partial charge in [-0.1, -0.05) is 17.3 Å². The zero-order valence-corrected chi connectivity index (χ0v) is 8.79. The maximum atomic E-state index is 10.8. The SMILES string of the molecule is CCn1nnc(C=O)c1-c1cccc(O)c1. The molecule has 1 aromatic heterocycles. The smallest absolute Gasteiger partial charge is 0.172 e. The van der Waals surface area contributed by atoms with Crippen molar-refractivity contribution < 1.29 is 9.90 Å². The number of aromatic nitrogens is 3. The van der Waals surface area contributed by atoms with Crippen LogP contribution in [0.3, 0.4) is 0 Å². The minimum atomic E-state index is 0.151. The van der Waals surface area contributed by atoms with Crippen LogP contribution < -0.4 is 0 Å². The van der Waals surface area contributed by atoms with Crippen molar-refractivity contribution in [2.75, 3.05) is 0 Å². The Morgan fingerprint density at radius 1 is 1.50 bits per heavy atom. The Bertz CT molecular complexity index is 520. The molecule has 5 heteroatoms. The molecule has 0 saturated carbocycles. The molecular formula is C11H11N3O2. The van der Waals surface area contributed by atoms with Crippen molar-refractivity contribution in [1.82, 2.24) is 15.0 Å². The quantitative estimate of drug-likeness (QED) is 0.791. The number of rotatable bonds is 3. The predicted octanol–water partition coefficient (Wildman–Crippen LogP) is 1.48. The number of aryl methyl sites for hydroxylation is 1. The number of phenolic OH excluding ortho intramolecular Hbond substituents is 1. The average Bonchev–Trinajstić information content (AvgIpc) is 2.71. The van der Waals surface area contributed by atoms with Crippen molar-refractivity contribution in [2.45, 2.75) is 13.5 Å². The van der Waals surface area contributed by atoms with Gasteiger partial charge < -0.3 is 5.11 Å². The lowest BCUT2D eigenvalue weighted by Crippen LogP contribution is -1.99. The molecule has 2 rings (SSSR count). The van der Waals surface area contributed by atoms with Gasteiger partial charge in [0.05, 0.1) is 5.69 Å². The summed E-state index contributed by atoms with van der Waals surface area (Å²) in [5, 5.41) is 17.0. The summed E-state index contributed by atoms with van der Waals surface area (Å²) >= 11 is 0. The number of nitrogens with zero attached hydrogens (tertiary/aromatic N) is 3. The van der Waals surface area contributed by atoms with Crippen LogP contribution in [0, 0.1) is 0 Å². The molecule has 0 atom stereocenters. The third-order valence-corrected chi connectivity index (χ3v) is 2.29. The fourth-order valence-electron chi connectivity index (χ4n) is 1.58. The van der Waals surface area contributed by atoms with Gasteiger partial charge in [-0.05, 0) is 19.1 Å². The van der Waals surface area contributed by atoms with E-state index in [0.29, 0.717) is 18.5 Å². The molecule has 2 aromatic rings. The standard InChI is InChI=1S/C11H11N3O2/c1-2-14-11(10(7-15)12-13-14)8-4-3-5-9(16)6-8/h3-7,16H,2H2,1H3. The van der Waals surface area contributed by atoms with Crippen LogP contribution in [-0.2, 0) is 6.54 Å². The number of hydrogen-bond donors (Lipinski definition) is 1. The van der Waals surface area contributed by atoms with Crippen LogP contribution in [0.4, 0.5) is 0 Å². The van der Waals surface area contributed by atoms with Crippen LogP contribution in [0.2, 0.25) is 0 Å². The molecular weight excluding hydrogens is 206 g/mol. The number of aldehydes is 1. The molecule has 82 valence electrons. The molecule has 0 aliphatic carbocycles. The van der Waals surface area contributed by atoms with Gasteiger partial charge in [-0.15, -0.1) is 5.10 Å². The molecule has 0 radical (unpaired) electrons. The zero-order valence-electron chi connectivity index (χ0n) is 8.79. The van der Waals surface area contributed by atoms with Crippen LogP contribution in [0.1, 0.15) is 17.4 Å². The molecule has 1 heterocycles. The van der Waals surface area contributed by atoms with Gasteiger partial charge in [0.2, 0.25) is 0 Å². The molecule has 0 fully saturated rings. The lowest BCUT2D eigenvalue weighted by Gasteiger charge is -2.04. The number of phenols is 1. The van der Waals surface area contributed by atoms with Crippen molar-refractivity contribution in [1.29, 1.82) is 0 Å². The molecule has 5 nitrogen and oxygen atoms in total. The molecule has 16 heavy (non-hydrogen) atoms. The van der Waals surface area contributed by atoms with E-state index in [1.165, 1.54) is 0 Å². The summed E-state index contributed by atoms with van der Waals surface area (Å²) in [6.45, 7) is 2.53.